The smallest absolute Gasteiger partial charge is 0.338 e. The molecule has 5 aromatic rings. The number of esters is 1. The van der Waals surface area contributed by atoms with Crippen molar-refractivity contribution in [3.63, 3.8) is 0 Å². The number of para-hydroxylation sites is 1. The Morgan fingerprint density at radius 3 is 2.70 bits per heavy atom. The monoisotopic (exact) mass is 653 g/mol. The predicted octanol–water partition coefficient (Wildman–Crippen LogP) is 6.24. The van der Waals surface area contributed by atoms with Gasteiger partial charge in [-0.2, -0.15) is 5.26 Å². The highest BCUT2D eigenvalue weighted by Gasteiger charge is 2.31. The van der Waals surface area contributed by atoms with E-state index in [0.717, 1.165) is 47.7 Å². The van der Waals surface area contributed by atoms with E-state index in [1.54, 1.807) is 42.2 Å². The van der Waals surface area contributed by atoms with Gasteiger partial charge in [-0.3, -0.25) is 9.88 Å². The Kier molecular flexibility index (Phi) is 8.49. The lowest BCUT2D eigenvalue weighted by Gasteiger charge is -2.35. The molecule has 2 aliphatic rings. The van der Waals surface area contributed by atoms with Crippen molar-refractivity contribution >= 4 is 28.3 Å². The molecule has 0 spiro atoms. The van der Waals surface area contributed by atoms with Gasteiger partial charge in [-0.1, -0.05) is 18.2 Å². The Morgan fingerprint density at radius 1 is 1.13 bits per heavy atom. The van der Waals surface area contributed by atoms with Crippen molar-refractivity contribution < 1.29 is 28.1 Å². The summed E-state index contributed by atoms with van der Waals surface area (Å²) >= 11 is 1.57. The fraction of sp³-hybridized carbons (Fsp3) is 0.314. The van der Waals surface area contributed by atoms with E-state index in [1.807, 2.05) is 30.5 Å². The number of fused-ring (bicyclic) bond motifs is 2. The lowest BCUT2D eigenvalue weighted by Crippen LogP contribution is -2.34. The molecule has 4 heterocycles. The first-order valence-electron chi connectivity index (χ1n) is 15.3. The van der Waals surface area contributed by atoms with Crippen LogP contribution in [-0.4, -0.2) is 59.3 Å². The SMILES string of the molecule is COC(=O)c1cc(OC)c2nc(CN3CCC(c4cccc5c4O[C@H](c4ccc(C#N)cc4F)CO5)CC3)n(Cc3cncs3)c2c1. The van der Waals surface area contributed by atoms with E-state index in [4.69, 9.17) is 29.2 Å². The maximum absolute atomic E-state index is 14.9. The second kappa shape index (κ2) is 13.0. The average molecular weight is 654 g/mol. The van der Waals surface area contributed by atoms with E-state index in [2.05, 4.69) is 20.5 Å². The van der Waals surface area contributed by atoms with Crippen LogP contribution in [0.25, 0.3) is 11.0 Å². The molecule has 12 heteroatoms. The zero-order valence-electron chi connectivity index (χ0n) is 25.9. The zero-order chi connectivity index (χ0) is 32.5. The molecule has 3 aromatic carbocycles. The number of piperidine rings is 1. The number of carbonyl (C=O) groups excluding carboxylic acids is 1. The quantitative estimate of drug-likeness (QED) is 0.180. The molecule has 1 atom stereocenters. The van der Waals surface area contributed by atoms with Gasteiger partial charge >= 0.3 is 5.97 Å². The first-order chi connectivity index (χ1) is 22.9. The Hall–Kier alpha value is -4.99. The van der Waals surface area contributed by atoms with Crippen molar-refractivity contribution in [1.82, 2.24) is 19.4 Å². The topological polar surface area (TPSA) is 112 Å². The van der Waals surface area contributed by atoms with Crippen molar-refractivity contribution in [2.24, 2.45) is 0 Å². The van der Waals surface area contributed by atoms with Crippen LogP contribution in [0.2, 0.25) is 0 Å². The van der Waals surface area contributed by atoms with Gasteiger partial charge in [0, 0.05) is 22.2 Å². The minimum Gasteiger partial charge on any atom is -0.494 e. The second-order valence-electron chi connectivity index (χ2n) is 11.6. The number of likely N-dealkylation sites (tertiary alicyclic amines) is 1. The second-order valence-corrected chi connectivity index (χ2v) is 12.6. The van der Waals surface area contributed by atoms with Gasteiger partial charge in [0.15, 0.2) is 17.6 Å². The van der Waals surface area contributed by atoms with Crippen LogP contribution < -0.4 is 14.2 Å². The average Bonchev–Trinajstić information content (AvgIpc) is 3.75. The standard InChI is InChI=1S/C35H32FN5O5S/c1-43-30-14-23(35(42)44-2)13-28-33(30)39-32(41(28)17-24-16-38-20-47-24)18-40-10-8-22(9-11-40)25-4-3-5-29-34(25)46-31(19-45-29)26-7-6-21(15-37)12-27(26)36/h3-7,12-14,16,20,22,31H,8-11,17-19H2,1-2H3/t31-/m0/s1. The first kappa shape index (κ1) is 30.7. The zero-order valence-corrected chi connectivity index (χ0v) is 26.8. The van der Waals surface area contributed by atoms with Gasteiger partial charge < -0.3 is 23.5 Å². The highest BCUT2D eigenvalue weighted by Crippen LogP contribution is 2.45. The molecule has 0 amide bonds. The number of rotatable bonds is 8. The van der Waals surface area contributed by atoms with E-state index in [1.165, 1.54) is 13.2 Å². The molecule has 240 valence electrons. The van der Waals surface area contributed by atoms with E-state index < -0.39 is 17.9 Å². The molecule has 0 saturated carbocycles. The molecule has 2 aromatic heterocycles. The number of benzene rings is 3. The summed E-state index contributed by atoms with van der Waals surface area (Å²) in [4.78, 5) is 25.2. The molecule has 0 unspecified atom stereocenters. The van der Waals surface area contributed by atoms with Gasteiger partial charge in [-0.05, 0) is 62.2 Å². The number of hydrogen-bond donors (Lipinski definition) is 0. The third kappa shape index (κ3) is 6.00. The summed E-state index contributed by atoms with van der Waals surface area (Å²) in [5, 5.41) is 9.13. The van der Waals surface area contributed by atoms with Crippen molar-refractivity contribution in [2.45, 2.75) is 38.0 Å². The largest absolute Gasteiger partial charge is 0.494 e. The number of hydrogen-bond acceptors (Lipinski definition) is 10. The van der Waals surface area contributed by atoms with E-state index in [-0.39, 0.29) is 18.1 Å². The Bertz CT molecular complexity index is 1980. The van der Waals surface area contributed by atoms with Gasteiger partial charge in [0.25, 0.3) is 0 Å². The summed E-state index contributed by atoms with van der Waals surface area (Å²) in [6, 6.07) is 15.8. The number of nitriles is 1. The number of ether oxygens (including phenoxy) is 4. The summed E-state index contributed by atoms with van der Waals surface area (Å²) in [7, 11) is 2.93. The van der Waals surface area contributed by atoms with Crippen LogP contribution >= 0.6 is 11.3 Å². The molecule has 0 radical (unpaired) electrons. The molecule has 7 rings (SSSR count). The third-order valence-corrected chi connectivity index (χ3v) is 9.63. The number of imidazole rings is 1. The van der Waals surface area contributed by atoms with Crippen molar-refractivity contribution in [3.05, 3.63) is 99.0 Å². The third-order valence-electron chi connectivity index (χ3n) is 8.87. The molecular weight excluding hydrogens is 621 g/mol. The molecule has 47 heavy (non-hydrogen) atoms. The summed E-state index contributed by atoms with van der Waals surface area (Å²) in [5.74, 6) is 2.01. The lowest BCUT2D eigenvalue weighted by molar-refractivity contribution is 0.0600. The van der Waals surface area contributed by atoms with Gasteiger partial charge in [-0.25, -0.2) is 14.2 Å². The first-order valence-corrected chi connectivity index (χ1v) is 16.2. The lowest BCUT2D eigenvalue weighted by atomic mass is 9.88. The molecule has 0 N–H and O–H groups in total. The van der Waals surface area contributed by atoms with E-state index >= 15 is 0 Å². The van der Waals surface area contributed by atoms with Crippen LogP contribution in [-0.2, 0) is 17.8 Å². The van der Waals surface area contributed by atoms with Crippen molar-refractivity contribution in [3.8, 4) is 23.3 Å². The molecular formula is C35H32FN5O5S. The summed E-state index contributed by atoms with van der Waals surface area (Å²) in [6.45, 7) is 3.03. The molecule has 0 aliphatic carbocycles. The maximum Gasteiger partial charge on any atom is 0.338 e. The van der Waals surface area contributed by atoms with E-state index in [9.17, 15) is 9.18 Å². The maximum atomic E-state index is 14.9. The van der Waals surface area contributed by atoms with Crippen LogP contribution in [0, 0.1) is 17.1 Å². The summed E-state index contributed by atoms with van der Waals surface area (Å²) < 4.78 is 40.1. The molecule has 1 saturated heterocycles. The fourth-order valence-electron chi connectivity index (χ4n) is 6.45. The van der Waals surface area contributed by atoms with Crippen molar-refractivity contribution in [1.29, 1.82) is 5.26 Å². The van der Waals surface area contributed by atoms with Gasteiger partial charge in [-0.15, -0.1) is 11.3 Å². The minimum absolute atomic E-state index is 0.187. The minimum atomic E-state index is -0.611. The van der Waals surface area contributed by atoms with E-state index in [0.29, 0.717) is 47.0 Å². The number of halogens is 1. The molecule has 10 nitrogen and oxygen atoms in total. The van der Waals surface area contributed by atoms with Crippen LogP contribution in [0.1, 0.15) is 62.6 Å². The number of thiazole rings is 1. The number of nitrogens with zero attached hydrogens (tertiary/aromatic N) is 5. The fourth-order valence-corrected chi connectivity index (χ4v) is 7.04. The molecule has 2 aliphatic heterocycles. The number of carbonyl (C=O) groups is 1. The van der Waals surface area contributed by atoms with Crippen molar-refractivity contribution in [2.75, 3.05) is 33.9 Å². The number of aromatic nitrogens is 3. The van der Waals surface area contributed by atoms with Gasteiger partial charge in [0.05, 0.1) is 55.5 Å². The van der Waals surface area contributed by atoms with Crippen LogP contribution in [0.15, 0.2) is 60.2 Å². The molecule has 0 bridgehead atoms. The highest BCUT2D eigenvalue weighted by molar-refractivity contribution is 7.09. The predicted molar refractivity (Wildman–Crippen MR) is 173 cm³/mol. The molecule has 1 fully saturated rings. The Balaban J connectivity index is 1.11. The van der Waals surface area contributed by atoms with Crippen LogP contribution in [0.4, 0.5) is 4.39 Å². The number of methoxy groups -OCH3 is 2. The van der Waals surface area contributed by atoms with Gasteiger partial charge in [0.1, 0.15) is 29.5 Å². The Labute approximate surface area is 274 Å². The van der Waals surface area contributed by atoms with Crippen LogP contribution in [0.3, 0.4) is 0 Å². The summed E-state index contributed by atoms with van der Waals surface area (Å²) in [6.07, 6.45) is 3.01. The van der Waals surface area contributed by atoms with Crippen LogP contribution in [0.5, 0.6) is 17.2 Å². The highest BCUT2D eigenvalue weighted by atomic mass is 32.1. The summed E-state index contributed by atoms with van der Waals surface area (Å²) in [5.41, 5.74) is 5.38. The normalized spacial score (nSPS) is 16.6. The van der Waals surface area contributed by atoms with Gasteiger partial charge in [0.2, 0.25) is 0 Å². The Morgan fingerprint density at radius 2 is 1.98 bits per heavy atom.